The Bertz CT molecular complexity index is 362. The molecule has 16 heavy (non-hydrogen) atoms. The van der Waals surface area contributed by atoms with E-state index in [0.29, 0.717) is 12.2 Å². The molecule has 2 nitrogen and oxygen atoms in total. The van der Waals surface area contributed by atoms with Gasteiger partial charge in [0.15, 0.2) is 0 Å². The summed E-state index contributed by atoms with van der Waals surface area (Å²) in [6.07, 6.45) is 4.21. The predicted molar refractivity (Wildman–Crippen MR) is 62.1 cm³/mol. The highest BCUT2D eigenvalue weighted by atomic mass is 16.6. The Morgan fingerprint density at radius 1 is 1.38 bits per heavy atom. The summed E-state index contributed by atoms with van der Waals surface area (Å²) in [6.45, 7) is 2.94. The molecule has 0 radical (unpaired) electrons. The van der Waals surface area contributed by atoms with Gasteiger partial charge < -0.3 is 9.47 Å². The van der Waals surface area contributed by atoms with Crippen LogP contribution in [0.3, 0.4) is 0 Å². The average Bonchev–Trinajstić information content (AvgIpc) is 2.99. The lowest BCUT2D eigenvalue weighted by Crippen LogP contribution is -2.26. The van der Waals surface area contributed by atoms with Crippen LogP contribution in [0, 0.1) is 0 Å². The van der Waals surface area contributed by atoms with Crippen molar-refractivity contribution in [3.63, 3.8) is 0 Å². The Morgan fingerprint density at radius 3 is 2.94 bits per heavy atom. The second-order valence-electron chi connectivity index (χ2n) is 5.11. The van der Waals surface area contributed by atoms with E-state index in [1.165, 1.54) is 5.56 Å². The number of ether oxygens (including phenoxy) is 2. The summed E-state index contributed by atoms with van der Waals surface area (Å²) in [5, 5.41) is 0. The van der Waals surface area contributed by atoms with Crippen molar-refractivity contribution in [2.75, 3.05) is 0 Å². The third-order valence-corrected chi connectivity index (χ3v) is 3.80. The van der Waals surface area contributed by atoms with Crippen LogP contribution < -0.4 is 0 Å². The third kappa shape index (κ3) is 2.00. The summed E-state index contributed by atoms with van der Waals surface area (Å²) in [7, 11) is 0. The Kier molecular flexibility index (Phi) is 2.49. The summed E-state index contributed by atoms with van der Waals surface area (Å²) in [5.74, 6) is 0. The zero-order valence-electron chi connectivity index (χ0n) is 9.69. The van der Waals surface area contributed by atoms with E-state index < -0.39 is 0 Å². The van der Waals surface area contributed by atoms with Gasteiger partial charge in [0.2, 0.25) is 0 Å². The van der Waals surface area contributed by atoms with E-state index in [4.69, 9.17) is 9.47 Å². The lowest BCUT2D eigenvalue weighted by Gasteiger charge is -2.22. The molecule has 86 valence electrons. The monoisotopic (exact) mass is 218 g/mol. The number of rotatable bonds is 3. The van der Waals surface area contributed by atoms with E-state index in [1.807, 2.05) is 6.07 Å². The van der Waals surface area contributed by atoms with Gasteiger partial charge in [0.1, 0.15) is 0 Å². The molecule has 2 fully saturated rings. The van der Waals surface area contributed by atoms with Crippen LogP contribution in [-0.4, -0.2) is 17.8 Å². The van der Waals surface area contributed by atoms with Crippen molar-refractivity contribution >= 4 is 0 Å². The van der Waals surface area contributed by atoms with Gasteiger partial charge in [-0.05, 0) is 25.3 Å². The molecule has 1 aliphatic carbocycles. The lowest BCUT2D eigenvalue weighted by atomic mass is 9.89. The zero-order chi connectivity index (χ0) is 11.0. The van der Waals surface area contributed by atoms with Crippen molar-refractivity contribution in [1.82, 2.24) is 0 Å². The first-order valence-corrected chi connectivity index (χ1v) is 6.10. The molecular weight excluding hydrogens is 200 g/mol. The fourth-order valence-corrected chi connectivity index (χ4v) is 2.55. The van der Waals surface area contributed by atoms with Gasteiger partial charge in [-0.2, -0.15) is 0 Å². The average molecular weight is 218 g/mol. The maximum absolute atomic E-state index is 5.93. The van der Waals surface area contributed by atoms with E-state index in [1.54, 1.807) is 0 Å². The number of hydrogen-bond donors (Lipinski definition) is 0. The van der Waals surface area contributed by atoms with Crippen molar-refractivity contribution in [1.29, 1.82) is 0 Å². The number of epoxide rings is 1. The van der Waals surface area contributed by atoms with E-state index >= 15 is 0 Å². The summed E-state index contributed by atoms with van der Waals surface area (Å²) >= 11 is 0. The molecule has 0 aromatic heterocycles. The summed E-state index contributed by atoms with van der Waals surface area (Å²) < 4.78 is 11.6. The van der Waals surface area contributed by atoms with Crippen LogP contribution in [0.1, 0.15) is 31.7 Å². The molecule has 0 bridgehead atoms. The normalized spacial score (nSPS) is 36.8. The molecule has 2 aliphatic rings. The second-order valence-corrected chi connectivity index (χ2v) is 5.11. The number of fused-ring (bicyclic) bond motifs is 1. The van der Waals surface area contributed by atoms with Gasteiger partial charge in [-0.15, -0.1) is 0 Å². The number of benzene rings is 1. The molecule has 0 unspecified atom stereocenters. The molecule has 0 spiro atoms. The van der Waals surface area contributed by atoms with Gasteiger partial charge in [0.25, 0.3) is 0 Å². The molecule has 1 saturated carbocycles. The van der Waals surface area contributed by atoms with Crippen LogP contribution in [0.2, 0.25) is 0 Å². The maximum atomic E-state index is 5.93. The first-order valence-electron chi connectivity index (χ1n) is 6.10. The van der Waals surface area contributed by atoms with Crippen LogP contribution in [0.25, 0.3) is 0 Å². The molecule has 1 saturated heterocycles. The Balaban J connectivity index is 1.50. The largest absolute Gasteiger partial charge is 0.373 e. The first kappa shape index (κ1) is 10.3. The Labute approximate surface area is 96.6 Å². The van der Waals surface area contributed by atoms with E-state index in [2.05, 4.69) is 31.2 Å². The van der Waals surface area contributed by atoms with Crippen LogP contribution >= 0.6 is 0 Å². The number of hydrogen-bond acceptors (Lipinski definition) is 2. The fourth-order valence-electron chi connectivity index (χ4n) is 2.55. The molecule has 1 heterocycles. The fraction of sp³-hybridized carbons (Fsp3) is 0.571. The van der Waals surface area contributed by atoms with Crippen molar-refractivity contribution in [3.05, 3.63) is 35.9 Å². The van der Waals surface area contributed by atoms with Gasteiger partial charge in [0.05, 0.1) is 24.4 Å². The standard InChI is InChI=1S/C14H18O2/c1-14-8-7-12(9-13(14)16-14)15-10-11-5-3-2-4-6-11/h2-6,12-13H,7-10H2,1H3/t12-,13+,14-/m0/s1. The topological polar surface area (TPSA) is 21.8 Å². The third-order valence-electron chi connectivity index (χ3n) is 3.80. The molecule has 1 aromatic rings. The Morgan fingerprint density at radius 2 is 2.19 bits per heavy atom. The van der Waals surface area contributed by atoms with Crippen molar-refractivity contribution in [2.24, 2.45) is 0 Å². The van der Waals surface area contributed by atoms with E-state index in [9.17, 15) is 0 Å². The van der Waals surface area contributed by atoms with Crippen molar-refractivity contribution < 1.29 is 9.47 Å². The smallest absolute Gasteiger partial charge is 0.0922 e. The highest BCUT2D eigenvalue weighted by molar-refractivity contribution is 5.13. The van der Waals surface area contributed by atoms with Crippen molar-refractivity contribution in [2.45, 2.75) is 50.6 Å². The van der Waals surface area contributed by atoms with Gasteiger partial charge >= 0.3 is 0 Å². The highest BCUT2D eigenvalue weighted by Crippen LogP contribution is 2.47. The van der Waals surface area contributed by atoms with Crippen LogP contribution in [-0.2, 0) is 16.1 Å². The molecular formula is C14H18O2. The van der Waals surface area contributed by atoms with Gasteiger partial charge in [0, 0.05) is 6.42 Å². The summed E-state index contributed by atoms with van der Waals surface area (Å²) in [5.41, 5.74) is 1.46. The highest BCUT2D eigenvalue weighted by Gasteiger charge is 2.55. The molecule has 1 aliphatic heterocycles. The molecule has 3 rings (SSSR count). The summed E-state index contributed by atoms with van der Waals surface area (Å²) in [6, 6.07) is 10.4. The first-order chi connectivity index (χ1) is 7.76. The van der Waals surface area contributed by atoms with Gasteiger partial charge in [-0.1, -0.05) is 30.3 Å². The predicted octanol–water partition coefficient (Wildman–Crippen LogP) is 2.91. The van der Waals surface area contributed by atoms with Gasteiger partial charge in [-0.3, -0.25) is 0 Å². The van der Waals surface area contributed by atoms with Gasteiger partial charge in [-0.25, -0.2) is 0 Å². The summed E-state index contributed by atoms with van der Waals surface area (Å²) in [4.78, 5) is 0. The zero-order valence-corrected chi connectivity index (χ0v) is 9.69. The van der Waals surface area contributed by atoms with Crippen LogP contribution in [0.15, 0.2) is 30.3 Å². The molecule has 0 amide bonds. The lowest BCUT2D eigenvalue weighted by molar-refractivity contribution is 0.0183. The minimum Gasteiger partial charge on any atom is -0.373 e. The van der Waals surface area contributed by atoms with E-state index in [0.717, 1.165) is 25.9 Å². The van der Waals surface area contributed by atoms with E-state index in [-0.39, 0.29) is 5.60 Å². The second kappa shape index (κ2) is 3.86. The van der Waals surface area contributed by atoms with Crippen LogP contribution in [0.4, 0.5) is 0 Å². The SMILES string of the molecule is C[C@]12CC[C@H](OCc3ccccc3)C[C@H]1O2. The van der Waals surface area contributed by atoms with Crippen LogP contribution in [0.5, 0.6) is 0 Å². The van der Waals surface area contributed by atoms with Crippen molar-refractivity contribution in [3.8, 4) is 0 Å². The minimum absolute atomic E-state index is 0.201. The molecule has 3 atom stereocenters. The molecule has 2 heteroatoms. The quantitative estimate of drug-likeness (QED) is 0.728. The minimum atomic E-state index is 0.201. The maximum Gasteiger partial charge on any atom is 0.0922 e. The Hall–Kier alpha value is -0.860. The molecule has 0 N–H and O–H groups in total. The molecule has 1 aromatic carbocycles.